The van der Waals surface area contributed by atoms with Crippen molar-refractivity contribution >= 4 is 26.7 Å². The first kappa shape index (κ1) is 10.1. The summed E-state index contributed by atoms with van der Waals surface area (Å²) in [6.07, 6.45) is 0. The monoisotopic (exact) mass is 234 g/mol. The minimum absolute atomic E-state index is 0.814. The Labute approximate surface area is 98.7 Å². The highest BCUT2D eigenvalue weighted by molar-refractivity contribution is 7.22. The number of ether oxygens (including phenoxy) is 1. The number of anilines is 1. The summed E-state index contributed by atoms with van der Waals surface area (Å²) in [5.41, 5.74) is 2.39. The Bertz CT molecular complexity index is 503. The zero-order valence-electron chi connectivity index (χ0n) is 9.27. The highest BCUT2D eigenvalue weighted by Crippen LogP contribution is 2.29. The van der Waals surface area contributed by atoms with Gasteiger partial charge in [-0.15, -0.1) is 0 Å². The van der Waals surface area contributed by atoms with Crippen LogP contribution in [-0.4, -0.2) is 31.3 Å². The predicted octanol–water partition coefficient (Wildman–Crippen LogP) is 2.44. The van der Waals surface area contributed by atoms with E-state index in [9.17, 15) is 0 Å². The summed E-state index contributed by atoms with van der Waals surface area (Å²) in [6.45, 7) is 5.65. The second-order valence-electron chi connectivity index (χ2n) is 4.07. The van der Waals surface area contributed by atoms with Crippen molar-refractivity contribution in [1.29, 1.82) is 0 Å². The van der Waals surface area contributed by atoms with E-state index in [-0.39, 0.29) is 0 Å². The van der Waals surface area contributed by atoms with Gasteiger partial charge < -0.3 is 9.64 Å². The number of hydrogen-bond donors (Lipinski definition) is 0. The van der Waals surface area contributed by atoms with Gasteiger partial charge in [-0.25, -0.2) is 4.98 Å². The number of benzene rings is 1. The third-order valence-electron chi connectivity index (χ3n) is 2.81. The molecule has 0 unspecified atom stereocenters. The molecular formula is C12H14N2OS. The van der Waals surface area contributed by atoms with Crippen LogP contribution in [0.1, 0.15) is 5.56 Å². The first-order valence-corrected chi connectivity index (χ1v) is 6.34. The summed E-state index contributed by atoms with van der Waals surface area (Å²) in [5.74, 6) is 0. The van der Waals surface area contributed by atoms with Gasteiger partial charge in [0, 0.05) is 13.1 Å². The van der Waals surface area contributed by atoms with Gasteiger partial charge in [0.15, 0.2) is 5.13 Å². The summed E-state index contributed by atoms with van der Waals surface area (Å²) < 4.78 is 6.62. The fourth-order valence-corrected chi connectivity index (χ4v) is 2.91. The molecule has 0 amide bonds. The number of morpholine rings is 1. The van der Waals surface area contributed by atoms with Crippen LogP contribution in [0, 0.1) is 6.92 Å². The Morgan fingerprint density at radius 3 is 2.94 bits per heavy atom. The minimum Gasteiger partial charge on any atom is -0.378 e. The molecule has 4 heteroatoms. The molecule has 0 bridgehead atoms. The van der Waals surface area contributed by atoms with Crippen LogP contribution in [-0.2, 0) is 4.74 Å². The largest absolute Gasteiger partial charge is 0.378 e. The first-order chi connectivity index (χ1) is 7.83. The summed E-state index contributed by atoms with van der Waals surface area (Å²) in [5, 5.41) is 1.13. The van der Waals surface area contributed by atoms with Crippen LogP contribution in [0.15, 0.2) is 18.2 Å². The van der Waals surface area contributed by atoms with Crippen molar-refractivity contribution in [1.82, 2.24) is 4.98 Å². The van der Waals surface area contributed by atoms with Crippen molar-refractivity contribution in [2.75, 3.05) is 31.2 Å². The van der Waals surface area contributed by atoms with Crippen molar-refractivity contribution < 1.29 is 4.74 Å². The van der Waals surface area contributed by atoms with Gasteiger partial charge in [-0.1, -0.05) is 17.4 Å². The Kier molecular flexibility index (Phi) is 2.53. The molecule has 2 aromatic rings. The van der Waals surface area contributed by atoms with Gasteiger partial charge in [0.1, 0.15) is 0 Å². The third kappa shape index (κ3) is 1.79. The lowest BCUT2D eigenvalue weighted by Crippen LogP contribution is -2.36. The topological polar surface area (TPSA) is 25.4 Å². The fourth-order valence-electron chi connectivity index (χ4n) is 1.92. The molecule has 2 heterocycles. The molecule has 0 spiro atoms. The quantitative estimate of drug-likeness (QED) is 0.758. The van der Waals surface area contributed by atoms with Crippen LogP contribution in [0.4, 0.5) is 5.13 Å². The van der Waals surface area contributed by atoms with Gasteiger partial charge in [0.2, 0.25) is 0 Å². The first-order valence-electron chi connectivity index (χ1n) is 5.53. The maximum Gasteiger partial charge on any atom is 0.186 e. The lowest BCUT2D eigenvalue weighted by Gasteiger charge is -2.25. The van der Waals surface area contributed by atoms with Gasteiger partial charge in [-0.2, -0.15) is 0 Å². The van der Waals surface area contributed by atoms with Crippen LogP contribution in [0.2, 0.25) is 0 Å². The van der Waals surface area contributed by atoms with E-state index in [0.717, 1.165) is 37.0 Å². The molecule has 1 aliphatic rings. The standard InChI is InChI=1S/C12H14N2OS/c1-9-2-3-11-10(8-9)13-12(16-11)14-4-6-15-7-5-14/h2-3,8H,4-7H2,1H3. The summed E-state index contributed by atoms with van der Waals surface area (Å²) in [7, 11) is 0. The number of aryl methyl sites for hydroxylation is 1. The number of rotatable bonds is 1. The van der Waals surface area contributed by atoms with E-state index in [2.05, 4.69) is 35.0 Å². The number of aromatic nitrogens is 1. The van der Waals surface area contributed by atoms with Gasteiger partial charge in [-0.05, 0) is 24.6 Å². The van der Waals surface area contributed by atoms with Crippen molar-refractivity contribution in [2.45, 2.75) is 6.92 Å². The Morgan fingerprint density at radius 1 is 1.31 bits per heavy atom. The van der Waals surface area contributed by atoms with E-state index in [1.165, 1.54) is 10.3 Å². The molecule has 3 nitrogen and oxygen atoms in total. The lowest BCUT2D eigenvalue weighted by molar-refractivity contribution is 0.122. The molecule has 16 heavy (non-hydrogen) atoms. The SMILES string of the molecule is Cc1ccc2sc(N3CCOCC3)nc2c1. The van der Waals surface area contributed by atoms with E-state index in [1.807, 2.05) is 0 Å². The Morgan fingerprint density at radius 2 is 2.12 bits per heavy atom. The molecule has 0 radical (unpaired) electrons. The smallest absolute Gasteiger partial charge is 0.186 e. The van der Waals surface area contributed by atoms with E-state index in [0.29, 0.717) is 0 Å². The van der Waals surface area contributed by atoms with Crippen molar-refractivity contribution in [3.8, 4) is 0 Å². The van der Waals surface area contributed by atoms with Gasteiger partial charge in [-0.3, -0.25) is 0 Å². The average molecular weight is 234 g/mol. The number of fused-ring (bicyclic) bond motifs is 1. The van der Waals surface area contributed by atoms with Gasteiger partial charge >= 0.3 is 0 Å². The summed E-state index contributed by atoms with van der Waals surface area (Å²) in [6, 6.07) is 6.45. The molecule has 0 saturated carbocycles. The zero-order chi connectivity index (χ0) is 11.0. The van der Waals surface area contributed by atoms with E-state index in [4.69, 9.17) is 4.74 Å². The molecule has 1 saturated heterocycles. The maximum absolute atomic E-state index is 5.35. The maximum atomic E-state index is 5.35. The molecule has 0 N–H and O–H groups in total. The predicted molar refractivity (Wildman–Crippen MR) is 67.4 cm³/mol. The Balaban J connectivity index is 1.97. The third-order valence-corrected chi connectivity index (χ3v) is 3.91. The highest BCUT2D eigenvalue weighted by atomic mass is 32.1. The van der Waals surface area contributed by atoms with E-state index < -0.39 is 0 Å². The lowest BCUT2D eigenvalue weighted by atomic mass is 10.2. The molecule has 84 valence electrons. The van der Waals surface area contributed by atoms with Crippen LogP contribution in [0.3, 0.4) is 0 Å². The highest BCUT2D eigenvalue weighted by Gasteiger charge is 2.15. The zero-order valence-corrected chi connectivity index (χ0v) is 10.1. The van der Waals surface area contributed by atoms with Crippen LogP contribution >= 0.6 is 11.3 Å². The van der Waals surface area contributed by atoms with Crippen molar-refractivity contribution in [3.63, 3.8) is 0 Å². The number of hydrogen-bond acceptors (Lipinski definition) is 4. The minimum atomic E-state index is 0.814. The van der Waals surface area contributed by atoms with Crippen molar-refractivity contribution in [2.24, 2.45) is 0 Å². The molecule has 1 aliphatic heterocycles. The van der Waals surface area contributed by atoms with Crippen LogP contribution < -0.4 is 4.90 Å². The molecule has 0 aliphatic carbocycles. The fraction of sp³-hybridized carbons (Fsp3) is 0.417. The molecule has 3 rings (SSSR count). The molecular weight excluding hydrogens is 220 g/mol. The molecule has 1 fully saturated rings. The van der Waals surface area contributed by atoms with Crippen LogP contribution in [0.25, 0.3) is 10.2 Å². The van der Waals surface area contributed by atoms with Gasteiger partial charge in [0.25, 0.3) is 0 Å². The van der Waals surface area contributed by atoms with E-state index in [1.54, 1.807) is 11.3 Å². The van der Waals surface area contributed by atoms with Crippen molar-refractivity contribution in [3.05, 3.63) is 23.8 Å². The second kappa shape index (κ2) is 4.03. The number of nitrogens with zero attached hydrogens (tertiary/aromatic N) is 2. The molecule has 0 atom stereocenters. The van der Waals surface area contributed by atoms with Gasteiger partial charge in [0.05, 0.1) is 23.4 Å². The Hall–Kier alpha value is -1.13. The molecule has 1 aromatic carbocycles. The second-order valence-corrected chi connectivity index (χ2v) is 5.08. The average Bonchev–Trinajstić information content (AvgIpc) is 2.73. The number of thiazole rings is 1. The summed E-state index contributed by atoms with van der Waals surface area (Å²) >= 11 is 1.77. The normalized spacial score (nSPS) is 16.9. The molecule has 1 aromatic heterocycles. The van der Waals surface area contributed by atoms with Crippen LogP contribution in [0.5, 0.6) is 0 Å². The summed E-state index contributed by atoms with van der Waals surface area (Å²) in [4.78, 5) is 7.00. The van der Waals surface area contributed by atoms with E-state index >= 15 is 0 Å².